The summed E-state index contributed by atoms with van der Waals surface area (Å²) in [5, 5.41) is 3.64. The van der Waals surface area contributed by atoms with Gasteiger partial charge in [0.15, 0.2) is 0 Å². The van der Waals surface area contributed by atoms with E-state index in [1.54, 1.807) is 0 Å². The van der Waals surface area contributed by atoms with Gasteiger partial charge in [-0.25, -0.2) is 0 Å². The largest absolute Gasteiger partial charge is 0.366 e. The number of rotatable bonds is 2. The van der Waals surface area contributed by atoms with Crippen LogP contribution < -0.4 is 5.32 Å². The molecule has 2 aliphatic rings. The lowest BCUT2D eigenvalue weighted by molar-refractivity contribution is -0.210. The fourth-order valence-corrected chi connectivity index (χ4v) is 3.41. The van der Waals surface area contributed by atoms with Gasteiger partial charge < -0.3 is 10.1 Å². The Morgan fingerprint density at radius 3 is 2.38 bits per heavy atom. The number of ether oxygens (including phenoxy) is 1. The number of hydrogen-bond acceptors (Lipinski definition) is 2. The summed E-state index contributed by atoms with van der Waals surface area (Å²) in [5.74, 6) is 0.601. The summed E-state index contributed by atoms with van der Waals surface area (Å²) >= 11 is 0. The van der Waals surface area contributed by atoms with Crippen LogP contribution >= 0.6 is 0 Å². The molecule has 16 heavy (non-hydrogen) atoms. The van der Waals surface area contributed by atoms with Crippen LogP contribution in [0.1, 0.15) is 59.3 Å². The average molecular weight is 225 g/mol. The van der Waals surface area contributed by atoms with E-state index in [0.29, 0.717) is 5.92 Å². The Bertz CT molecular complexity index is 227. The third-order valence-corrected chi connectivity index (χ3v) is 4.71. The molecule has 1 atom stereocenters. The quantitative estimate of drug-likeness (QED) is 0.779. The molecule has 2 rings (SSSR count). The van der Waals surface area contributed by atoms with Gasteiger partial charge in [0, 0.05) is 13.1 Å². The van der Waals surface area contributed by atoms with Gasteiger partial charge in [-0.15, -0.1) is 0 Å². The first-order valence-corrected chi connectivity index (χ1v) is 7.03. The summed E-state index contributed by atoms with van der Waals surface area (Å²) < 4.78 is 6.65. The van der Waals surface area contributed by atoms with Crippen molar-refractivity contribution in [1.29, 1.82) is 0 Å². The molecule has 94 valence electrons. The van der Waals surface area contributed by atoms with E-state index in [0.717, 1.165) is 19.5 Å². The first-order chi connectivity index (χ1) is 7.63. The molecule has 1 spiro atoms. The van der Waals surface area contributed by atoms with Crippen LogP contribution in [0.2, 0.25) is 0 Å². The molecule has 0 bridgehead atoms. The molecule has 1 aliphatic carbocycles. The predicted octanol–water partition coefficient (Wildman–Crippen LogP) is 3.11. The summed E-state index contributed by atoms with van der Waals surface area (Å²) in [4.78, 5) is 0. The van der Waals surface area contributed by atoms with Crippen LogP contribution in [0.25, 0.3) is 0 Å². The summed E-state index contributed by atoms with van der Waals surface area (Å²) in [6, 6.07) is 0. The van der Waals surface area contributed by atoms with Crippen molar-refractivity contribution in [3.8, 4) is 0 Å². The van der Waals surface area contributed by atoms with Crippen LogP contribution in [-0.4, -0.2) is 24.3 Å². The van der Waals surface area contributed by atoms with Crippen LogP contribution in [0.4, 0.5) is 0 Å². The minimum Gasteiger partial charge on any atom is -0.366 e. The molecular weight excluding hydrogens is 198 g/mol. The lowest BCUT2D eigenvalue weighted by atomic mass is 9.78. The summed E-state index contributed by atoms with van der Waals surface area (Å²) in [6.45, 7) is 8.97. The molecule has 0 aromatic carbocycles. The monoisotopic (exact) mass is 225 g/mol. The first kappa shape index (κ1) is 12.4. The van der Waals surface area contributed by atoms with Gasteiger partial charge in [-0.1, -0.05) is 40.0 Å². The molecule has 0 amide bonds. The van der Waals surface area contributed by atoms with Gasteiger partial charge in [-0.3, -0.25) is 0 Å². The maximum Gasteiger partial charge on any atom is 0.0834 e. The molecule has 1 heterocycles. The zero-order valence-corrected chi connectivity index (χ0v) is 11.1. The molecule has 1 unspecified atom stereocenters. The summed E-state index contributed by atoms with van der Waals surface area (Å²) in [5.41, 5.74) is 0.242. The van der Waals surface area contributed by atoms with E-state index in [2.05, 4.69) is 26.1 Å². The van der Waals surface area contributed by atoms with E-state index < -0.39 is 0 Å². The molecule has 2 fully saturated rings. The highest BCUT2D eigenvalue weighted by atomic mass is 16.5. The normalized spacial score (nSPS) is 34.5. The lowest BCUT2D eigenvalue weighted by Crippen LogP contribution is -2.62. The molecule has 1 N–H and O–H groups in total. The standard InChI is InChI=1S/C14H27NO/c1-4-14(12(2)3)11-15-10-13(16-14)8-6-5-7-9-13/h12,15H,4-11H2,1-3H3. The highest BCUT2D eigenvalue weighted by Gasteiger charge is 2.46. The molecular formula is C14H27NO. The van der Waals surface area contributed by atoms with E-state index in [1.807, 2.05) is 0 Å². The van der Waals surface area contributed by atoms with Gasteiger partial charge in [0.25, 0.3) is 0 Å². The highest BCUT2D eigenvalue weighted by molar-refractivity contribution is 4.98. The Balaban J connectivity index is 2.12. The summed E-state index contributed by atoms with van der Waals surface area (Å²) in [7, 11) is 0. The summed E-state index contributed by atoms with van der Waals surface area (Å²) in [6.07, 6.45) is 7.73. The second-order valence-corrected chi connectivity index (χ2v) is 6.02. The van der Waals surface area contributed by atoms with Crippen LogP contribution in [-0.2, 0) is 4.74 Å². The van der Waals surface area contributed by atoms with Crippen LogP contribution in [0.15, 0.2) is 0 Å². The zero-order valence-electron chi connectivity index (χ0n) is 11.1. The van der Waals surface area contributed by atoms with Gasteiger partial charge in [0.05, 0.1) is 11.2 Å². The van der Waals surface area contributed by atoms with Crippen molar-refractivity contribution in [2.75, 3.05) is 13.1 Å². The predicted molar refractivity (Wildman–Crippen MR) is 67.6 cm³/mol. The van der Waals surface area contributed by atoms with Gasteiger partial charge in [0.1, 0.15) is 0 Å². The maximum absolute atomic E-state index is 6.65. The highest BCUT2D eigenvalue weighted by Crippen LogP contribution is 2.40. The number of nitrogens with one attached hydrogen (secondary N) is 1. The SMILES string of the molecule is CCC1(C(C)C)CNCC2(CCCCC2)O1. The van der Waals surface area contributed by atoms with E-state index in [4.69, 9.17) is 4.74 Å². The van der Waals surface area contributed by atoms with Gasteiger partial charge in [0.2, 0.25) is 0 Å². The second kappa shape index (κ2) is 4.66. The van der Waals surface area contributed by atoms with Gasteiger partial charge in [-0.2, -0.15) is 0 Å². The third-order valence-electron chi connectivity index (χ3n) is 4.71. The maximum atomic E-state index is 6.65. The minimum absolute atomic E-state index is 0.0790. The average Bonchev–Trinajstić information content (AvgIpc) is 2.29. The van der Waals surface area contributed by atoms with Crippen LogP contribution in [0.3, 0.4) is 0 Å². The Morgan fingerprint density at radius 2 is 1.81 bits per heavy atom. The first-order valence-electron chi connectivity index (χ1n) is 7.03. The van der Waals surface area contributed by atoms with Crippen molar-refractivity contribution in [2.45, 2.75) is 70.5 Å². The molecule has 2 nitrogen and oxygen atoms in total. The molecule has 0 aromatic rings. The third kappa shape index (κ3) is 2.14. The van der Waals surface area contributed by atoms with Crippen molar-refractivity contribution in [2.24, 2.45) is 5.92 Å². The van der Waals surface area contributed by atoms with Gasteiger partial charge in [-0.05, 0) is 25.2 Å². The molecule has 0 aromatic heterocycles. The van der Waals surface area contributed by atoms with Crippen molar-refractivity contribution >= 4 is 0 Å². The van der Waals surface area contributed by atoms with Crippen LogP contribution in [0.5, 0.6) is 0 Å². The van der Waals surface area contributed by atoms with E-state index in [-0.39, 0.29) is 11.2 Å². The van der Waals surface area contributed by atoms with E-state index in [9.17, 15) is 0 Å². The molecule has 2 heteroatoms. The molecule has 1 saturated heterocycles. The topological polar surface area (TPSA) is 21.3 Å². The fourth-order valence-electron chi connectivity index (χ4n) is 3.41. The Hall–Kier alpha value is -0.0800. The molecule has 0 radical (unpaired) electrons. The molecule has 1 aliphatic heterocycles. The number of hydrogen-bond donors (Lipinski definition) is 1. The Labute approximate surface area is 100 Å². The zero-order chi connectivity index (χ0) is 11.6. The Morgan fingerprint density at radius 1 is 1.12 bits per heavy atom. The lowest BCUT2D eigenvalue weighted by Gasteiger charge is -2.52. The van der Waals surface area contributed by atoms with E-state index in [1.165, 1.54) is 32.1 Å². The van der Waals surface area contributed by atoms with E-state index >= 15 is 0 Å². The van der Waals surface area contributed by atoms with Crippen molar-refractivity contribution in [3.63, 3.8) is 0 Å². The second-order valence-electron chi connectivity index (χ2n) is 6.02. The van der Waals surface area contributed by atoms with Crippen molar-refractivity contribution in [3.05, 3.63) is 0 Å². The fraction of sp³-hybridized carbons (Fsp3) is 1.00. The van der Waals surface area contributed by atoms with Crippen LogP contribution in [0, 0.1) is 5.92 Å². The number of morpholine rings is 1. The van der Waals surface area contributed by atoms with Gasteiger partial charge >= 0.3 is 0 Å². The van der Waals surface area contributed by atoms with Crippen molar-refractivity contribution in [1.82, 2.24) is 5.32 Å². The van der Waals surface area contributed by atoms with Crippen molar-refractivity contribution < 1.29 is 4.74 Å². The minimum atomic E-state index is 0.0790. The Kier molecular flexibility index (Phi) is 3.60. The molecule has 1 saturated carbocycles. The smallest absolute Gasteiger partial charge is 0.0834 e.